The summed E-state index contributed by atoms with van der Waals surface area (Å²) in [6.07, 6.45) is 2.97. The maximum atomic E-state index is 12.3. The van der Waals surface area contributed by atoms with Crippen molar-refractivity contribution in [3.05, 3.63) is 54.1 Å². The number of ether oxygens (including phenoxy) is 1. The summed E-state index contributed by atoms with van der Waals surface area (Å²) in [4.78, 5) is 12.3. The second kappa shape index (κ2) is 6.76. The molecule has 6 nitrogen and oxygen atoms in total. The lowest BCUT2D eigenvalue weighted by atomic mass is 10.2. The zero-order valence-corrected chi connectivity index (χ0v) is 14.9. The van der Waals surface area contributed by atoms with E-state index in [1.807, 2.05) is 0 Å². The van der Waals surface area contributed by atoms with Gasteiger partial charge in [-0.2, -0.15) is 0 Å². The molecule has 2 aromatic carbocycles. The van der Waals surface area contributed by atoms with E-state index in [0.717, 1.165) is 12.8 Å². The number of carbonyl (C=O) groups excluding carboxylic acids is 1. The Kier molecular flexibility index (Phi) is 4.67. The largest absolute Gasteiger partial charge is 0.497 e. The van der Waals surface area contributed by atoms with Crippen LogP contribution in [-0.4, -0.2) is 33.7 Å². The number of amides is 1. The van der Waals surface area contributed by atoms with Crippen LogP contribution < -0.4 is 14.4 Å². The van der Waals surface area contributed by atoms with Gasteiger partial charge in [-0.25, -0.2) is 8.42 Å². The average molecular weight is 360 g/mol. The predicted molar refractivity (Wildman–Crippen MR) is 97.7 cm³/mol. The molecule has 0 unspecified atom stereocenters. The Morgan fingerprint density at radius 1 is 1.08 bits per heavy atom. The normalized spacial score (nSPS) is 14.0. The van der Waals surface area contributed by atoms with Crippen molar-refractivity contribution in [1.29, 1.82) is 0 Å². The van der Waals surface area contributed by atoms with Crippen LogP contribution >= 0.6 is 0 Å². The lowest BCUT2D eigenvalue weighted by molar-refractivity contribution is 0.102. The first-order valence-corrected chi connectivity index (χ1v) is 9.78. The van der Waals surface area contributed by atoms with Crippen LogP contribution in [0.3, 0.4) is 0 Å². The van der Waals surface area contributed by atoms with Crippen molar-refractivity contribution >= 4 is 27.3 Å². The third kappa shape index (κ3) is 4.11. The van der Waals surface area contributed by atoms with E-state index >= 15 is 0 Å². The molecule has 0 saturated heterocycles. The monoisotopic (exact) mass is 360 g/mol. The highest BCUT2D eigenvalue weighted by Gasteiger charge is 2.35. The highest BCUT2D eigenvalue weighted by Crippen LogP contribution is 2.34. The van der Waals surface area contributed by atoms with Crippen molar-refractivity contribution < 1.29 is 17.9 Å². The molecule has 1 aliphatic rings. The Bertz CT molecular complexity index is 857. The number of nitrogens with one attached hydrogen (secondary N) is 1. The van der Waals surface area contributed by atoms with E-state index in [2.05, 4.69) is 5.32 Å². The van der Waals surface area contributed by atoms with Gasteiger partial charge < -0.3 is 10.1 Å². The predicted octanol–water partition coefficient (Wildman–Crippen LogP) is 2.88. The van der Waals surface area contributed by atoms with Crippen LogP contribution in [0.4, 0.5) is 11.4 Å². The van der Waals surface area contributed by atoms with Gasteiger partial charge in [0, 0.05) is 17.3 Å². The summed E-state index contributed by atoms with van der Waals surface area (Å²) >= 11 is 0. The molecule has 7 heteroatoms. The number of rotatable bonds is 6. The molecule has 0 atom stereocenters. The number of hydrogen-bond donors (Lipinski definition) is 1. The van der Waals surface area contributed by atoms with Crippen LogP contribution in [-0.2, 0) is 10.0 Å². The quantitative estimate of drug-likeness (QED) is 0.859. The Labute approximate surface area is 147 Å². The SMILES string of the molecule is COc1ccc(C(=O)Nc2ccc(N(C3CC3)S(C)(=O)=O)cc2)cc1. The molecule has 0 heterocycles. The van der Waals surface area contributed by atoms with Gasteiger partial charge in [0.1, 0.15) is 5.75 Å². The van der Waals surface area contributed by atoms with Crippen LogP contribution in [0, 0.1) is 0 Å². The van der Waals surface area contributed by atoms with E-state index in [-0.39, 0.29) is 11.9 Å². The number of hydrogen-bond acceptors (Lipinski definition) is 4. The fourth-order valence-corrected chi connectivity index (χ4v) is 3.88. The van der Waals surface area contributed by atoms with E-state index in [0.29, 0.717) is 22.7 Å². The van der Waals surface area contributed by atoms with E-state index in [4.69, 9.17) is 4.74 Å². The first kappa shape index (κ1) is 17.3. The molecular weight excluding hydrogens is 340 g/mol. The molecule has 1 fully saturated rings. The summed E-state index contributed by atoms with van der Waals surface area (Å²) < 4.78 is 30.4. The van der Waals surface area contributed by atoms with Gasteiger partial charge >= 0.3 is 0 Å². The fourth-order valence-electron chi connectivity index (χ4n) is 2.62. The Hall–Kier alpha value is -2.54. The molecule has 0 radical (unpaired) electrons. The molecular formula is C18H20N2O4S. The maximum absolute atomic E-state index is 12.3. The minimum absolute atomic E-state index is 0.0507. The minimum atomic E-state index is -3.31. The van der Waals surface area contributed by atoms with Crippen molar-refractivity contribution in [1.82, 2.24) is 0 Å². The topological polar surface area (TPSA) is 75.7 Å². The molecule has 0 spiro atoms. The van der Waals surface area contributed by atoms with Gasteiger partial charge in [-0.3, -0.25) is 9.10 Å². The number of anilines is 2. The van der Waals surface area contributed by atoms with Crippen molar-refractivity contribution in [2.75, 3.05) is 23.0 Å². The first-order chi connectivity index (χ1) is 11.9. The zero-order chi connectivity index (χ0) is 18.0. The van der Waals surface area contributed by atoms with Gasteiger partial charge in [0.2, 0.25) is 10.0 Å². The van der Waals surface area contributed by atoms with Crippen LogP contribution in [0.2, 0.25) is 0 Å². The van der Waals surface area contributed by atoms with Crippen LogP contribution in [0.25, 0.3) is 0 Å². The second-order valence-corrected chi connectivity index (χ2v) is 7.88. The Balaban J connectivity index is 1.72. The van der Waals surface area contributed by atoms with Crippen molar-refractivity contribution in [2.45, 2.75) is 18.9 Å². The molecule has 2 aromatic rings. The van der Waals surface area contributed by atoms with E-state index in [1.54, 1.807) is 55.6 Å². The van der Waals surface area contributed by atoms with Gasteiger partial charge in [-0.15, -0.1) is 0 Å². The summed E-state index contributed by atoms with van der Waals surface area (Å²) in [7, 11) is -1.74. The summed E-state index contributed by atoms with van der Waals surface area (Å²) in [5, 5.41) is 2.80. The number of nitrogens with zero attached hydrogens (tertiary/aromatic N) is 1. The van der Waals surface area contributed by atoms with Crippen molar-refractivity contribution in [2.24, 2.45) is 0 Å². The summed E-state index contributed by atoms with van der Waals surface area (Å²) in [5.41, 5.74) is 1.74. The number of methoxy groups -OCH3 is 1. The van der Waals surface area contributed by atoms with Crippen LogP contribution in [0.1, 0.15) is 23.2 Å². The molecule has 0 aromatic heterocycles. The minimum Gasteiger partial charge on any atom is -0.497 e. The Morgan fingerprint density at radius 2 is 1.68 bits per heavy atom. The lowest BCUT2D eigenvalue weighted by Crippen LogP contribution is -2.31. The number of benzene rings is 2. The van der Waals surface area contributed by atoms with Crippen LogP contribution in [0.15, 0.2) is 48.5 Å². The van der Waals surface area contributed by atoms with Gasteiger partial charge in [-0.05, 0) is 61.4 Å². The van der Waals surface area contributed by atoms with Gasteiger partial charge in [0.15, 0.2) is 0 Å². The number of sulfonamides is 1. The molecule has 25 heavy (non-hydrogen) atoms. The summed E-state index contributed by atoms with van der Waals surface area (Å²) in [6.45, 7) is 0. The van der Waals surface area contributed by atoms with Gasteiger partial charge in [0.25, 0.3) is 5.91 Å². The zero-order valence-electron chi connectivity index (χ0n) is 14.1. The van der Waals surface area contributed by atoms with Gasteiger partial charge in [0.05, 0.1) is 19.1 Å². The lowest BCUT2D eigenvalue weighted by Gasteiger charge is -2.22. The Morgan fingerprint density at radius 3 is 2.16 bits per heavy atom. The highest BCUT2D eigenvalue weighted by molar-refractivity contribution is 7.92. The molecule has 1 amide bonds. The van der Waals surface area contributed by atoms with E-state index in [1.165, 1.54) is 10.6 Å². The van der Waals surface area contributed by atoms with E-state index in [9.17, 15) is 13.2 Å². The summed E-state index contributed by atoms with van der Waals surface area (Å²) in [6, 6.07) is 13.7. The maximum Gasteiger partial charge on any atom is 0.255 e. The van der Waals surface area contributed by atoms with E-state index < -0.39 is 10.0 Å². The molecule has 0 bridgehead atoms. The molecule has 1 saturated carbocycles. The molecule has 0 aliphatic heterocycles. The van der Waals surface area contributed by atoms with Crippen molar-refractivity contribution in [3.8, 4) is 5.75 Å². The van der Waals surface area contributed by atoms with Crippen LogP contribution in [0.5, 0.6) is 5.75 Å². The molecule has 1 N–H and O–H groups in total. The third-order valence-corrected chi connectivity index (χ3v) is 5.19. The average Bonchev–Trinajstić information content (AvgIpc) is 3.40. The standard InChI is InChI=1S/C18H20N2O4S/c1-24-17-11-3-13(4-12-17)18(21)19-14-5-7-15(8-6-14)20(16-9-10-16)25(2,22)23/h3-8,11-12,16H,9-10H2,1-2H3,(H,19,21). The molecule has 1 aliphatic carbocycles. The van der Waals surface area contributed by atoms with Gasteiger partial charge in [-0.1, -0.05) is 0 Å². The number of carbonyl (C=O) groups is 1. The highest BCUT2D eigenvalue weighted by atomic mass is 32.2. The summed E-state index contributed by atoms with van der Waals surface area (Å²) in [5.74, 6) is 0.444. The molecule has 3 rings (SSSR count). The molecule has 132 valence electrons. The smallest absolute Gasteiger partial charge is 0.255 e. The van der Waals surface area contributed by atoms with Crippen molar-refractivity contribution in [3.63, 3.8) is 0 Å². The second-order valence-electron chi connectivity index (χ2n) is 6.02. The first-order valence-electron chi connectivity index (χ1n) is 7.93. The fraction of sp³-hybridized carbons (Fsp3) is 0.278. The third-order valence-electron chi connectivity index (χ3n) is 3.97.